The molecule has 0 aliphatic heterocycles. The van der Waals surface area contributed by atoms with Crippen LogP contribution in [0.2, 0.25) is 0 Å². The van der Waals surface area contributed by atoms with Crippen LogP contribution in [0.15, 0.2) is 48.5 Å². The summed E-state index contributed by atoms with van der Waals surface area (Å²) in [7, 11) is 1.63. The fourth-order valence-corrected chi connectivity index (χ4v) is 4.11. The predicted octanol–water partition coefficient (Wildman–Crippen LogP) is 4.57. The average Bonchev–Trinajstić information content (AvgIpc) is 2.79. The lowest BCUT2D eigenvalue weighted by molar-refractivity contribution is -0.139. The van der Waals surface area contributed by atoms with E-state index in [-0.39, 0.29) is 11.8 Å². The van der Waals surface area contributed by atoms with Crippen LogP contribution in [0.5, 0.6) is 5.75 Å². The number of carbonyl (C=O) groups is 2. The number of aryl methyl sites for hydroxylation is 1. The Morgan fingerprint density at radius 3 is 2.26 bits per heavy atom. The number of hydrogen-bond donors (Lipinski definition) is 1. The number of nitrogens with one attached hydrogen (secondary N) is 1. The molecule has 31 heavy (non-hydrogen) atoms. The molecule has 0 spiro atoms. The molecule has 2 amide bonds. The molecular formula is C25H34N2O3S. The van der Waals surface area contributed by atoms with Gasteiger partial charge in [-0.25, -0.2) is 0 Å². The Morgan fingerprint density at radius 2 is 1.68 bits per heavy atom. The summed E-state index contributed by atoms with van der Waals surface area (Å²) in [4.78, 5) is 27.7. The number of benzene rings is 2. The number of rotatable bonds is 12. The fourth-order valence-electron chi connectivity index (χ4n) is 3.24. The van der Waals surface area contributed by atoms with Crippen LogP contribution >= 0.6 is 11.8 Å². The third kappa shape index (κ3) is 7.94. The highest BCUT2D eigenvalue weighted by atomic mass is 32.2. The van der Waals surface area contributed by atoms with Gasteiger partial charge < -0.3 is 15.0 Å². The van der Waals surface area contributed by atoms with Gasteiger partial charge in [-0.1, -0.05) is 55.8 Å². The molecular weight excluding hydrogens is 408 g/mol. The van der Waals surface area contributed by atoms with E-state index < -0.39 is 6.04 Å². The van der Waals surface area contributed by atoms with Crippen molar-refractivity contribution in [3.05, 3.63) is 65.2 Å². The van der Waals surface area contributed by atoms with Crippen LogP contribution in [0, 0.1) is 6.92 Å². The van der Waals surface area contributed by atoms with Gasteiger partial charge in [0.2, 0.25) is 11.8 Å². The highest BCUT2D eigenvalue weighted by Crippen LogP contribution is 2.19. The third-order valence-electron chi connectivity index (χ3n) is 5.06. The van der Waals surface area contributed by atoms with Gasteiger partial charge in [-0.05, 0) is 43.0 Å². The normalized spacial score (nSPS) is 11.6. The molecule has 0 fully saturated rings. The first-order chi connectivity index (χ1) is 15.0. The van der Waals surface area contributed by atoms with Crippen LogP contribution in [0.25, 0.3) is 0 Å². The Morgan fingerprint density at radius 1 is 1.03 bits per heavy atom. The van der Waals surface area contributed by atoms with E-state index in [0.29, 0.717) is 25.3 Å². The second kappa shape index (κ2) is 13.1. The summed E-state index contributed by atoms with van der Waals surface area (Å²) >= 11 is 1.58. The SMILES string of the molecule is CCCNC(=O)[C@@H](CC)N(Cc1ccc(OC)cc1)C(=O)CSCc1ccc(C)cc1. The summed E-state index contributed by atoms with van der Waals surface area (Å²) in [5.74, 6) is 1.76. The molecule has 0 bridgehead atoms. The molecule has 0 radical (unpaired) electrons. The van der Waals surface area contributed by atoms with Crippen molar-refractivity contribution < 1.29 is 14.3 Å². The molecule has 6 heteroatoms. The van der Waals surface area contributed by atoms with Crippen LogP contribution in [0.3, 0.4) is 0 Å². The topological polar surface area (TPSA) is 58.6 Å². The average molecular weight is 443 g/mol. The Bertz CT molecular complexity index is 822. The number of hydrogen-bond acceptors (Lipinski definition) is 4. The largest absolute Gasteiger partial charge is 0.497 e. The summed E-state index contributed by atoms with van der Waals surface area (Å²) in [6.45, 7) is 7.03. The molecule has 5 nitrogen and oxygen atoms in total. The molecule has 2 aromatic carbocycles. The van der Waals surface area contributed by atoms with Gasteiger partial charge in [-0.2, -0.15) is 0 Å². The maximum atomic E-state index is 13.2. The zero-order valence-electron chi connectivity index (χ0n) is 19.0. The molecule has 0 saturated heterocycles. The van der Waals surface area contributed by atoms with Crippen LogP contribution in [0.1, 0.15) is 43.4 Å². The number of ether oxygens (including phenoxy) is 1. The van der Waals surface area contributed by atoms with E-state index in [1.165, 1.54) is 11.1 Å². The van der Waals surface area contributed by atoms with Crippen molar-refractivity contribution in [2.75, 3.05) is 19.4 Å². The minimum Gasteiger partial charge on any atom is -0.497 e. The molecule has 0 heterocycles. The van der Waals surface area contributed by atoms with Crippen LogP contribution in [0.4, 0.5) is 0 Å². The Hall–Kier alpha value is -2.47. The number of methoxy groups -OCH3 is 1. The molecule has 0 aliphatic rings. The number of carbonyl (C=O) groups excluding carboxylic acids is 2. The number of thioether (sulfide) groups is 1. The molecule has 168 valence electrons. The van der Waals surface area contributed by atoms with Gasteiger partial charge in [0, 0.05) is 18.8 Å². The van der Waals surface area contributed by atoms with Crippen molar-refractivity contribution in [2.24, 2.45) is 0 Å². The van der Waals surface area contributed by atoms with E-state index >= 15 is 0 Å². The lowest BCUT2D eigenvalue weighted by Gasteiger charge is -2.30. The highest BCUT2D eigenvalue weighted by molar-refractivity contribution is 7.99. The summed E-state index contributed by atoms with van der Waals surface area (Å²) in [6, 6.07) is 15.5. The summed E-state index contributed by atoms with van der Waals surface area (Å²) in [5, 5.41) is 2.95. The molecule has 2 aromatic rings. The van der Waals surface area contributed by atoms with Gasteiger partial charge in [-0.3, -0.25) is 9.59 Å². The Kier molecular flexibility index (Phi) is 10.4. The third-order valence-corrected chi connectivity index (χ3v) is 6.05. The Balaban J connectivity index is 2.10. The smallest absolute Gasteiger partial charge is 0.242 e. The van der Waals surface area contributed by atoms with Crippen LogP contribution < -0.4 is 10.1 Å². The summed E-state index contributed by atoms with van der Waals surface area (Å²) in [5.41, 5.74) is 3.39. The monoisotopic (exact) mass is 442 g/mol. The molecule has 0 aliphatic carbocycles. The minimum atomic E-state index is -0.485. The fraction of sp³-hybridized carbons (Fsp3) is 0.440. The number of amides is 2. The van der Waals surface area contributed by atoms with Gasteiger partial charge >= 0.3 is 0 Å². The van der Waals surface area contributed by atoms with Crippen molar-refractivity contribution in [3.63, 3.8) is 0 Å². The van der Waals surface area contributed by atoms with Crippen LogP contribution in [-0.2, 0) is 21.9 Å². The van der Waals surface area contributed by atoms with Crippen molar-refractivity contribution in [2.45, 2.75) is 52.0 Å². The molecule has 0 aromatic heterocycles. The lowest BCUT2D eigenvalue weighted by Crippen LogP contribution is -2.49. The second-order valence-electron chi connectivity index (χ2n) is 7.56. The Labute approximate surface area is 190 Å². The van der Waals surface area contributed by atoms with Gasteiger partial charge in [-0.15, -0.1) is 11.8 Å². The maximum absolute atomic E-state index is 13.2. The maximum Gasteiger partial charge on any atom is 0.242 e. The first-order valence-electron chi connectivity index (χ1n) is 10.8. The van der Waals surface area contributed by atoms with E-state index in [0.717, 1.165) is 23.5 Å². The molecule has 0 unspecified atom stereocenters. The highest BCUT2D eigenvalue weighted by Gasteiger charge is 2.28. The van der Waals surface area contributed by atoms with Gasteiger partial charge in [0.05, 0.1) is 12.9 Å². The zero-order valence-corrected chi connectivity index (χ0v) is 19.8. The van der Waals surface area contributed by atoms with Gasteiger partial charge in [0.1, 0.15) is 11.8 Å². The zero-order chi connectivity index (χ0) is 22.6. The van der Waals surface area contributed by atoms with E-state index in [4.69, 9.17) is 4.74 Å². The predicted molar refractivity (Wildman–Crippen MR) is 128 cm³/mol. The second-order valence-corrected chi connectivity index (χ2v) is 8.55. The summed E-state index contributed by atoms with van der Waals surface area (Å²) < 4.78 is 5.23. The van der Waals surface area contributed by atoms with Crippen molar-refractivity contribution in [1.82, 2.24) is 10.2 Å². The lowest BCUT2D eigenvalue weighted by atomic mass is 10.1. The van der Waals surface area contributed by atoms with Crippen LogP contribution in [-0.4, -0.2) is 42.2 Å². The summed E-state index contributed by atoms with van der Waals surface area (Å²) in [6.07, 6.45) is 1.43. The van der Waals surface area contributed by atoms with E-state index in [9.17, 15) is 9.59 Å². The molecule has 2 rings (SSSR count). The first-order valence-corrected chi connectivity index (χ1v) is 12.0. The van der Waals surface area contributed by atoms with Gasteiger partial charge in [0.25, 0.3) is 0 Å². The van der Waals surface area contributed by atoms with E-state index in [1.54, 1.807) is 23.8 Å². The first kappa shape index (κ1) is 24.8. The minimum absolute atomic E-state index is 0.0218. The standard InChI is InChI=1S/C25H34N2O3S/c1-5-15-26-25(29)23(6-2)27(16-20-11-13-22(30-4)14-12-20)24(28)18-31-17-21-9-7-19(3)8-10-21/h7-14,23H,5-6,15-18H2,1-4H3,(H,26,29)/t23-/m1/s1. The quantitative estimate of drug-likeness (QED) is 0.523. The van der Waals surface area contributed by atoms with E-state index in [2.05, 4.69) is 36.5 Å². The van der Waals surface area contributed by atoms with Crippen molar-refractivity contribution in [3.8, 4) is 5.75 Å². The molecule has 1 atom stereocenters. The van der Waals surface area contributed by atoms with Crippen molar-refractivity contribution >= 4 is 23.6 Å². The van der Waals surface area contributed by atoms with E-state index in [1.807, 2.05) is 38.1 Å². The molecule has 0 saturated carbocycles. The number of nitrogens with zero attached hydrogens (tertiary/aromatic N) is 1. The van der Waals surface area contributed by atoms with Crippen molar-refractivity contribution in [1.29, 1.82) is 0 Å². The van der Waals surface area contributed by atoms with Gasteiger partial charge in [0.15, 0.2) is 0 Å². The molecule has 1 N–H and O–H groups in total.